The summed E-state index contributed by atoms with van der Waals surface area (Å²) in [5, 5.41) is 0.324. The van der Waals surface area contributed by atoms with Crippen LogP contribution in [0.3, 0.4) is 0 Å². The molecule has 0 unspecified atom stereocenters. The van der Waals surface area contributed by atoms with Crippen LogP contribution in [-0.4, -0.2) is 14.4 Å². The molecule has 0 bridgehead atoms. The Kier molecular flexibility index (Phi) is 4.06. The predicted molar refractivity (Wildman–Crippen MR) is 86.0 cm³/mol. The van der Waals surface area contributed by atoms with Crippen molar-refractivity contribution >= 4 is 8.32 Å². The normalized spacial score (nSPS) is 32.7. The maximum absolute atomic E-state index is 6.71. The molecule has 0 saturated heterocycles. The third-order valence-corrected chi connectivity index (χ3v) is 10.4. The highest BCUT2D eigenvalue weighted by molar-refractivity contribution is 6.74. The lowest BCUT2D eigenvalue weighted by Gasteiger charge is -2.53. The van der Waals surface area contributed by atoms with Gasteiger partial charge in [-0.05, 0) is 56.7 Å². The van der Waals surface area contributed by atoms with Gasteiger partial charge in [-0.3, -0.25) is 0 Å². The van der Waals surface area contributed by atoms with Gasteiger partial charge in [0.2, 0.25) is 0 Å². The molecule has 0 aromatic heterocycles. The summed E-state index contributed by atoms with van der Waals surface area (Å²) in [7, 11) is -1.62. The molecule has 2 atom stereocenters. The molecule has 2 aliphatic carbocycles. The number of hydrogen-bond donors (Lipinski definition) is 0. The maximum Gasteiger partial charge on any atom is 0.192 e. The van der Waals surface area contributed by atoms with E-state index in [0.717, 1.165) is 0 Å². The fraction of sp³-hybridized carbons (Fsp3) is 0.882. The van der Waals surface area contributed by atoms with Crippen molar-refractivity contribution in [3.8, 4) is 0 Å². The fourth-order valence-electron chi connectivity index (χ4n) is 3.14. The molecule has 110 valence electrons. The van der Waals surface area contributed by atoms with Crippen molar-refractivity contribution in [2.24, 2.45) is 5.41 Å². The van der Waals surface area contributed by atoms with Gasteiger partial charge >= 0.3 is 0 Å². The SMILES string of the molecule is CC(C)(C)[Si](C)(C)O[C@@H]1CC[C@]1(C)C1=CCCCC1. The Hall–Kier alpha value is -0.0831. The Bertz CT molecular complexity index is 364. The van der Waals surface area contributed by atoms with E-state index in [-0.39, 0.29) is 0 Å². The van der Waals surface area contributed by atoms with E-state index >= 15 is 0 Å². The minimum Gasteiger partial charge on any atom is -0.413 e. The molecule has 2 heteroatoms. The molecular formula is C17H32OSi. The second kappa shape index (κ2) is 5.03. The van der Waals surface area contributed by atoms with E-state index in [4.69, 9.17) is 4.43 Å². The van der Waals surface area contributed by atoms with E-state index in [2.05, 4.69) is 46.9 Å². The summed E-state index contributed by atoms with van der Waals surface area (Å²) in [6.45, 7) is 14.3. The van der Waals surface area contributed by atoms with Gasteiger partial charge in [-0.1, -0.05) is 39.3 Å². The predicted octanol–water partition coefficient (Wildman–Crippen LogP) is 5.68. The first-order valence-corrected chi connectivity index (χ1v) is 10.9. The molecule has 0 aliphatic heterocycles. The highest BCUT2D eigenvalue weighted by Crippen LogP contribution is 2.53. The molecule has 19 heavy (non-hydrogen) atoms. The minimum absolute atomic E-state index is 0.324. The smallest absolute Gasteiger partial charge is 0.192 e. The zero-order chi connectivity index (χ0) is 14.3. The van der Waals surface area contributed by atoms with Gasteiger partial charge in [0.1, 0.15) is 0 Å². The topological polar surface area (TPSA) is 9.23 Å². The first-order valence-electron chi connectivity index (χ1n) is 8.04. The summed E-state index contributed by atoms with van der Waals surface area (Å²) in [5.74, 6) is 0. The molecule has 0 aromatic rings. The highest BCUT2D eigenvalue weighted by atomic mass is 28.4. The van der Waals surface area contributed by atoms with Crippen molar-refractivity contribution in [2.45, 2.75) is 90.5 Å². The Morgan fingerprint density at radius 3 is 2.37 bits per heavy atom. The summed E-state index contributed by atoms with van der Waals surface area (Å²) in [4.78, 5) is 0. The Morgan fingerprint density at radius 1 is 1.26 bits per heavy atom. The van der Waals surface area contributed by atoms with E-state index in [9.17, 15) is 0 Å². The standard InChI is InChI=1S/C17H32OSi/c1-16(2,3)19(5,6)18-15-12-13-17(15,4)14-10-8-7-9-11-14/h10,15H,7-9,11-13H2,1-6H3/t15-,17-/m1/s1. The van der Waals surface area contributed by atoms with Crippen molar-refractivity contribution in [1.29, 1.82) is 0 Å². The molecule has 2 aliphatic rings. The summed E-state index contributed by atoms with van der Waals surface area (Å²) in [5.41, 5.74) is 2.06. The second-order valence-corrected chi connectivity index (χ2v) is 13.1. The lowest BCUT2D eigenvalue weighted by atomic mass is 9.61. The molecule has 0 heterocycles. The lowest BCUT2D eigenvalue weighted by molar-refractivity contribution is -0.0183. The maximum atomic E-state index is 6.71. The van der Waals surface area contributed by atoms with Crippen molar-refractivity contribution < 1.29 is 4.43 Å². The molecule has 0 spiro atoms. The quantitative estimate of drug-likeness (QED) is 0.477. The van der Waals surface area contributed by atoms with Crippen LogP contribution in [0.15, 0.2) is 11.6 Å². The largest absolute Gasteiger partial charge is 0.413 e. The molecule has 1 nitrogen and oxygen atoms in total. The summed E-state index contributed by atoms with van der Waals surface area (Å²) in [6, 6.07) is 0. The Morgan fingerprint density at radius 2 is 1.95 bits per heavy atom. The Balaban J connectivity index is 2.08. The molecule has 2 rings (SSSR count). The van der Waals surface area contributed by atoms with Gasteiger partial charge in [0, 0.05) is 5.41 Å². The van der Waals surface area contributed by atoms with Crippen LogP contribution in [0.2, 0.25) is 18.1 Å². The summed E-state index contributed by atoms with van der Waals surface area (Å²) < 4.78 is 6.71. The number of hydrogen-bond acceptors (Lipinski definition) is 1. The van der Waals surface area contributed by atoms with Gasteiger partial charge in [-0.25, -0.2) is 0 Å². The minimum atomic E-state index is -1.62. The lowest BCUT2D eigenvalue weighted by Crippen LogP contribution is -2.54. The summed E-state index contributed by atoms with van der Waals surface area (Å²) in [6.07, 6.45) is 11.0. The fourth-order valence-corrected chi connectivity index (χ4v) is 4.58. The van der Waals surface area contributed by atoms with Crippen LogP contribution in [-0.2, 0) is 4.43 Å². The average molecular weight is 281 g/mol. The molecule has 1 saturated carbocycles. The molecule has 1 fully saturated rings. The van der Waals surface area contributed by atoms with Crippen molar-refractivity contribution in [2.75, 3.05) is 0 Å². The van der Waals surface area contributed by atoms with Crippen LogP contribution in [0.4, 0.5) is 0 Å². The van der Waals surface area contributed by atoms with Crippen molar-refractivity contribution in [3.63, 3.8) is 0 Å². The third-order valence-electron chi connectivity index (χ3n) is 5.90. The molecule has 0 radical (unpaired) electrons. The van der Waals surface area contributed by atoms with Crippen LogP contribution in [0, 0.1) is 5.41 Å². The van der Waals surface area contributed by atoms with Crippen molar-refractivity contribution in [1.82, 2.24) is 0 Å². The van der Waals surface area contributed by atoms with Gasteiger partial charge in [0.15, 0.2) is 8.32 Å². The van der Waals surface area contributed by atoms with Gasteiger partial charge in [0.05, 0.1) is 6.10 Å². The van der Waals surface area contributed by atoms with E-state index in [1.54, 1.807) is 5.57 Å². The first kappa shape index (κ1) is 15.3. The van der Waals surface area contributed by atoms with Crippen LogP contribution in [0.1, 0.15) is 66.2 Å². The molecule has 0 aromatic carbocycles. The van der Waals surface area contributed by atoms with Gasteiger partial charge in [-0.15, -0.1) is 0 Å². The second-order valence-electron chi connectivity index (χ2n) is 8.30. The van der Waals surface area contributed by atoms with Gasteiger partial charge in [0.25, 0.3) is 0 Å². The van der Waals surface area contributed by atoms with E-state index in [1.807, 2.05) is 0 Å². The monoisotopic (exact) mass is 280 g/mol. The van der Waals surface area contributed by atoms with Crippen molar-refractivity contribution in [3.05, 3.63) is 11.6 Å². The number of rotatable bonds is 3. The summed E-state index contributed by atoms with van der Waals surface area (Å²) >= 11 is 0. The van der Waals surface area contributed by atoms with E-state index < -0.39 is 8.32 Å². The average Bonchev–Trinajstić information content (AvgIpc) is 2.33. The zero-order valence-corrected chi connectivity index (χ0v) is 14.8. The van der Waals surface area contributed by atoms with Crippen LogP contribution in [0.25, 0.3) is 0 Å². The molecular weight excluding hydrogens is 248 g/mol. The van der Waals surface area contributed by atoms with Crippen LogP contribution in [0.5, 0.6) is 0 Å². The highest BCUT2D eigenvalue weighted by Gasteiger charge is 2.50. The van der Waals surface area contributed by atoms with Crippen LogP contribution >= 0.6 is 0 Å². The van der Waals surface area contributed by atoms with Crippen LogP contribution < -0.4 is 0 Å². The van der Waals surface area contributed by atoms with Gasteiger partial charge < -0.3 is 4.43 Å². The third kappa shape index (κ3) is 2.85. The zero-order valence-electron chi connectivity index (χ0n) is 13.8. The van der Waals surface area contributed by atoms with Gasteiger partial charge in [-0.2, -0.15) is 0 Å². The first-order chi connectivity index (χ1) is 8.67. The van der Waals surface area contributed by atoms with E-state index in [1.165, 1.54) is 38.5 Å². The molecule has 0 amide bonds. The number of allylic oxidation sites excluding steroid dienone is 1. The Labute approximate surface area is 120 Å². The molecule has 0 N–H and O–H groups in total. The van der Waals surface area contributed by atoms with E-state index in [0.29, 0.717) is 16.6 Å².